The van der Waals surface area contributed by atoms with Crippen molar-refractivity contribution in [1.82, 2.24) is 4.57 Å². The number of benzene rings is 11. The zero-order valence-corrected chi connectivity index (χ0v) is 36.6. The van der Waals surface area contributed by atoms with Crippen LogP contribution in [0.25, 0.3) is 82.8 Å². The second kappa shape index (κ2) is 14.7. The van der Waals surface area contributed by atoms with Crippen LogP contribution in [0.2, 0.25) is 0 Å². The van der Waals surface area contributed by atoms with E-state index in [1.165, 1.54) is 93.9 Å². The highest BCUT2D eigenvalue weighted by Crippen LogP contribution is 2.62. The highest BCUT2D eigenvalue weighted by atomic mass is 15.1. The van der Waals surface area contributed by atoms with Crippen molar-refractivity contribution in [3.05, 3.63) is 277 Å². The molecule has 1 unspecified atom stereocenters. The Hall–Kier alpha value is -8.72. The number of rotatable bonds is 6. The summed E-state index contributed by atoms with van der Waals surface area (Å²) in [5.74, 6) is 0. The van der Waals surface area contributed by atoms with Crippen LogP contribution >= 0.6 is 0 Å². The van der Waals surface area contributed by atoms with E-state index >= 15 is 0 Å². The molecule has 0 radical (unpaired) electrons. The van der Waals surface area contributed by atoms with Crippen molar-refractivity contribution in [2.24, 2.45) is 0 Å². The van der Waals surface area contributed by atoms with Gasteiger partial charge in [-0.3, -0.25) is 0 Å². The summed E-state index contributed by atoms with van der Waals surface area (Å²) in [5.41, 5.74) is 21.4. The van der Waals surface area contributed by atoms with Crippen molar-refractivity contribution in [3.8, 4) is 50.2 Å². The molecule has 2 aliphatic rings. The molecule has 11 aromatic carbocycles. The molecule has 1 aromatic heterocycles. The summed E-state index contributed by atoms with van der Waals surface area (Å²) in [4.78, 5) is 2.51. The number of fused-ring (bicyclic) bond motifs is 13. The van der Waals surface area contributed by atoms with E-state index in [-0.39, 0.29) is 0 Å². The van der Waals surface area contributed by atoms with E-state index in [4.69, 9.17) is 0 Å². The van der Waals surface area contributed by atoms with E-state index in [1.54, 1.807) is 0 Å². The normalized spacial score (nSPS) is 14.3. The van der Waals surface area contributed by atoms with Gasteiger partial charge in [-0.05, 0) is 103 Å². The van der Waals surface area contributed by atoms with Crippen LogP contribution in [0, 0.1) is 0 Å². The van der Waals surface area contributed by atoms with Gasteiger partial charge in [0.2, 0.25) is 0 Å². The zero-order chi connectivity index (χ0) is 44.1. The molecule has 1 aliphatic carbocycles. The van der Waals surface area contributed by atoms with Gasteiger partial charge >= 0.3 is 0 Å². The van der Waals surface area contributed by atoms with Crippen LogP contribution in [0.3, 0.4) is 0 Å². The van der Waals surface area contributed by atoms with Crippen LogP contribution < -0.4 is 4.90 Å². The smallest absolute Gasteiger partial charge is 0.0754 e. The van der Waals surface area contributed by atoms with Gasteiger partial charge in [0.25, 0.3) is 0 Å². The van der Waals surface area contributed by atoms with E-state index in [0.717, 1.165) is 28.2 Å². The minimum absolute atomic E-state index is 0.553. The second-order valence-corrected chi connectivity index (χ2v) is 17.9. The van der Waals surface area contributed by atoms with E-state index < -0.39 is 5.41 Å². The molecule has 0 saturated carbocycles. The predicted molar refractivity (Wildman–Crippen MR) is 280 cm³/mol. The Morgan fingerprint density at radius 2 is 0.836 bits per heavy atom. The van der Waals surface area contributed by atoms with Gasteiger partial charge in [-0.15, -0.1) is 0 Å². The highest BCUT2D eigenvalue weighted by Gasteiger charge is 2.51. The molecule has 12 aromatic rings. The lowest BCUT2D eigenvalue weighted by atomic mass is 9.65. The number of hydrogen-bond donors (Lipinski definition) is 0. The quantitative estimate of drug-likeness (QED) is 0.162. The van der Waals surface area contributed by atoms with Gasteiger partial charge in [0.1, 0.15) is 0 Å². The lowest BCUT2D eigenvalue weighted by molar-refractivity contribution is 0.749. The summed E-state index contributed by atoms with van der Waals surface area (Å²) < 4.78 is 2.52. The number of anilines is 3. The van der Waals surface area contributed by atoms with Gasteiger partial charge in [-0.1, -0.05) is 212 Å². The van der Waals surface area contributed by atoms with Crippen molar-refractivity contribution in [2.45, 2.75) is 5.41 Å². The van der Waals surface area contributed by atoms with Crippen molar-refractivity contribution < 1.29 is 0 Å². The molecule has 67 heavy (non-hydrogen) atoms. The molecular formula is C65H42N2. The molecule has 0 amide bonds. The SMILES string of the molecule is c1ccc(-c2cccc(-c3ccccc3N(c3ccccc3-c3ccc4c(c3)C3(c5ccccc5-4)c4ccccc4-n4c5ccccc5c5cccc3c54)c3cccc4ccccc34)c2)cc1. The zero-order valence-electron chi connectivity index (χ0n) is 36.6. The summed E-state index contributed by atoms with van der Waals surface area (Å²) in [6.45, 7) is 0. The van der Waals surface area contributed by atoms with Gasteiger partial charge in [0, 0.05) is 27.3 Å². The second-order valence-electron chi connectivity index (χ2n) is 17.9. The Balaban J connectivity index is 1.03. The van der Waals surface area contributed by atoms with Crippen LogP contribution in [0.1, 0.15) is 22.3 Å². The van der Waals surface area contributed by atoms with Gasteiger partial charge in [0.15, 0.2) is 0 Å². The Labute approximate surface area is 389 Å². The lowest BCUT2D eigenvalue weighted by Crippen LogP contribution is -2.33. The number of nitrogens with zero attached hydrogens (tertiary/aromatic N) is 2. The third-order valence-corrected chi connectivity index (χ3v) is 14.6. The fourth-order valence-electron chi connectivity index (χ4n) is 11.8. The van der Waals surface area contributed by atoms with Crippen molar-refractivity contribution >= 4 is 49.6 Å². The average Bonchev–Trinajstić information content (AvgIpc) is 3.90. The maximum Gasteiger partial charge on any atom is 0.0754 e. The minimum atomic E-state index is -0.553. The number of para-hydroxylation sites is 5. The fourth-order valence-corrected chi connectivity index (χ4v) is 11.8. The molecule has 312 valence electrons. The van der Waals surface area contributed by atoms with Crippen LogP contribution in [0.4, 0.5) is 17.1 Å². The minimum Gasteiger partial charge on any atom is -0.309 e. The van der Waals surface area contributed by atoms with Crippen LogP contribution in [0.15, 0.2) is 255 Å². The maximum atomic E-state index is 2.53. The summed E-state index contributed by atoms with van der Waals surface area (Å²) in [5, 5.41) is 4.96. The number of aromatic nitrogens is 1. The average molecular weight is 851 g/mol. The molecular weight excluding hydrogens is 809 g/mol. The molecule has 14 rings (SSSR count). The standard InChI is InChI=1S/C65H42N2/c1-2-19-43(20-3-1)45-23-16-24-46(41-45)49-26-7-12-34-59(49)66(61-38-17-22-44-21-4-5-25-48(44)61)60-35-13-8-27-50(60)47-39-40-52-51-28-6-10-31-55(51)65(58(52)42-47)56-32-11-15-37-63(56)67-62-36-14-9-29-53(62)54-30-18-33-57(65)64(54)67/h1-42H. The monoisotopic (exact) mass is 850 g/mol. The van der Waals surface area contributed by atoms with Crippen LogP contribution in [0.5, 0.6) is 0 Å². The Morgan fingerprint density at radius 1 is 0.299 bits per heavy atom. The summed E-state index contributed by atoms with van der Waals surface area (Å²) in [6, 6.07) is 94.5. The largest absolute Gasteiger partial charge is 0.309 e. The van der Waals surface area contributed by atoms with E-state index in [0.29, 0.717) is 0 Å². The van der Waals surface area contributed by atoms with Crippen LogP contribution in [-0.2, 0) is 5.41 Å². The Kier molecular flexibility index (Phi) is 8.23. The predicted octanol–water partition coefficient (Wildman–Crippen LogP) is 17.1. The molecule has 2 heterocycles. The first-order valence-corrected chi connectivity index (χ1v) is 23.3. The topological polar surface area (TPSA) is 8.17 Å². The molecule has 2 nitrogen and oxygen atoms in total. The first kappa shape index (κ1) is 37.6. The first-order valence-electron chi connectivity index (χ1n) is 23.3. The number of hydrogen-bond acceptors (Lipinski definition) is 1. The van der Waals surface area contributed by atoms with E-state index in [2.05, 4.69) is 264 Å². The highest BCUT2D eigenvalue weighted by molar-refractivity contribution is 6.13. The Bertz CT molecular complexity index is 3950. The molecule has 0 saturated heterocycles. The van der Waals surface area contributed by atoms with Gasteiger partial charge in [0.05, 0.1) is 39.2 Å². The van der Waals surface area contributed by atoms with Gasteiger partial charge < -0.3 is 9.47 Å². The van der Waals surface area contributed by atoms with Crippen molar-refractivity contribution in [2.75, 3.05) is 4.90 Å². The first-order chi connectivity index (χ1) is 33.3. The van der Waals surface area contributed by atoms with Crippen LogP contribution in [-0.4, -0.2) is 4.57 Å². The molecule has 1 spiro atoms. The summed E-state index contributed by atoms with van der Waals surface area (Å²) in [7, 11) is 0. The lowest BCUT2D eigenvalue weighted by Gasteiger charge is -2.39. The molecule has 2 heteroatoms. The van der Waals surface area contributed by atoms with Gasteiger partial charge in [-0.2, -0.15) is 0 Å². The molecule has 0 bridgehead atoms. The van der Waals surface area contributed by atoms with Crippen molar-refractivity contribution in [1.29, 1.82) is 0 Å². The molecule has 0 fully saturated rings. The summed E-state index contributed by atoms with van der Waals surface area (Å²) in [6.07, 6.45) is 0. The maximum absolute atomic E-state index is 2.53. The summed E-state index contributed by atoms with van der Waals surface area (Å²) >= 11 is 0. The fraction of sp³-hybridized carbons (Fsp3) is 0.0154. The van der Waals surface area contributed by atoms with E-state index in [9.17, 15) is 0 Å². The van der Waals surface area contributed by atoms with E-state index in [1.807, 2.05) is 0 Å². The van der Waals surface area contributed by atoms with Crippen molar-refractivity contribution in [3.63, 3.8) is 0 Å². The molecule has 1 atom stereocenters. The molecule has 1 aliphatic heterocycles. The molecule has 0 N–H and O–H groups in total. The van der Waals surface area contributed by atoms with Gasteiger partial charge in [-0.25, -0.2) is 0 Å². The Morgan fingerprint density at radius 3 is 1.67 bits per heavy atom. The third kappa shape index (κ3) is 5.39. The third-order valence-electron chi connectivity index (χ3n) is 14.6.